The summed E-state index contributed by atoms with van der Waals surface area (Å²) in [7, 11) is 0. The number of fused-ring (bicyclic) bond motifs is 1. The monoisotopic (exact) mass is 480 g/mol. The molecular formula is C32H42F2O. The van der Waals surface area contributed by atoms with Gasteiger partial charge >= 0.3 is 0 Å². The van der Waals surface area contributed by atoms with Crippen molar-refractivity contribution in [1.82, 2.24) is 0 Å². The molecule has 0 amide bonds. The lowest BCUT2D eigenvalue weighted by atomic mass is 9.75. The normalized spacial score (nSPS) is 22.3. The van der Waals surface area contributed by atoms with Gasteiger partial charge in [-0.15, -0.1) is 0 Å². The average Bonchev–Trinajstić information content (AvgIpc) is 2.87. The van der Waals surface area contributed by atoms with Gasteiger partial charge in [-0.2, -0.15) is 0 Å². The molecule has 3 heteroatoms. The molecule has 2 aromatic carbocycles. The van der Waals surface area contributed by atoms with Crippen LogP contribution in [0.3, 0.4) is 0 Å². The second-order valence-corrected chi connectivity index (χ2v) is 10.7. The van der Waals surface area contributed by atoms with E-state index in [1.807, 2.05) is 19.1 Å². The Balaban J connectivity index is 1.38. The van der Waals surface area contributed by atoms with Gasteiger partial charge in [0.25, 0.3) is 0 Å². The summed E-state index contributed by atoms with van der Waals surface area (Å²) in [5.74, 6) is 1.19. The zero-order valence-electron chi connectivity index (χ0n) is 21.6. The maximum Gasteiger partial charge on any atom is 0.129 e. The molecule has 1 nitrogen and oxygen atoms in total. The fourth-order valence-electron chi connectivity index (χ4n) is 6.18. The van der Waals surface area contributed by atoms with Gasteiger partial charge < -0.3 is 4.74 Å². The van der Waals surface area contributed by atoms with E-state index in [4.69, 9.17) is 4.74 Å². The second kappa shape index (κ2) is 12.7. The van der Waals surface area contributed by atoms with Gasteiger partial charge in [-0.05, 0) is 117 Å². The highest BCUT2D eigenvalue weighted by Gasteiger charge is 2.28. The molecule has 1 saturated carbocycles. The quantitative estimate of drug-likeness (QED) is 0.243. The molecule has 1 atom stereocenters. The number of hydrogen-bond donors (Lipinski definition) is 0. The fraction of sp³-hybridized carbons (Fsp3) is 0.562. The van der Waals surface area contributed by atoms with Crippen molar-refractivity contribution in [2.75, 3.05) is 6.61 Å². The Kier molecular flexibility index (Phi) is 9.40. The molecule has 4 rings (SSSR count). The number of unbranched alkanes of at least 4 members (excludes halogenated alkanes) is 2. The molecule has 190 valence electrons. The molecule has 1 fully saturated rings. The smallest absolute Gasteiger partial charge is 0.129 e. The number of allylic oxidation sites excluding steroid dienone is 1. The van der Waals surface area contributed by atoms with Crippen LogP contribution in [0.5, 0.6) is 5.75 Å². The fourth-order valence-corrected chi connectivity index (χ4v) is 6.18. The first-order chi connectivity index (χ1) is 17.1. The van der Waals surface area contributed by atoms with Gasteiger partial charge in [-0.3, -0.25) is 0 Å². The molecular weight excluding hydrogens is 438 g/mol. The molecule has 0 aliphatic heterocycles. The number of benzene rings is 2. The minimum Gasteiger partial charge on any atom is -0.493 e. The predicted octanol–water partition coefficient (Wildman–Crippen LogP) is 9.44. The Morgan fingerprint density at radius 2 is 1.69 bits per heavy atom. The Labute approximate surface area is 211 Å². The molecule has 0 aromatic heterocycles. The van der Waals surface area contributed by atoms with E-state index in [9.17, 15) is 0 Å². The van der Waals surface area contributed by atoms with Crippen molar-refractivity contribution in [3.63, 3.8) is 0 Å². The van der Waals surface area contributed by atoms with Crippen LogP contribution in [0, 0.1) is 17.6 Å². The van der Waals surface area contributed by atoms with Crippen molar-refractivity contribution in [1.29, 1.82) is 0 Å². The highest BCUT2D eigenvalue weighted by Crippen LogP contribution is 2.41. The van der Waals surface area contributed by atoms with Crippen LogP contribution < -0.4 is 4.74 Å². The van der Waals surface area contributed by atoms with Crippen LogP contribution >= 0.6 is 0 Å². The number of rotatable bonds is 10. The standard InChI is InChI=1S/C32H42F2O/c1-3-5-7-9-23-10-12-24(13-11-23)28-21-30(33)32(31(34)22-28)27-15-14-26-20-29(17-16-25(26)19-27)35-18-8-6-4-2/h4,6,16-17,20-24,27H,3,5,7-15,18-19H2,1-2H3. The van der Waals surface area contributed by atoms with Gasteiger partial charge in [0, 0.05) is 5.56 Å². The second-order valence-electron chi connectivity index (χ2n) is 10.7. The zero-order valence-corrected chi connectivity index (χ0v) is 21.6. The van der Waals surface area contributed by atoms with Crippen LogP contribution in [0.15, 0.2) is 42.5 Å². The van der Waals surface area contributed by atoms with Crippen LogP contribution in [0.2, 0.25) is 0 Å². The van der Waals surface area contributed by atoms with E-state index in [1.54, 1.807) is 12.1 Å². The van der Waals surface area contributed by atoms with E-state index < -0.39 is 0 Å². The van der Waals surface area contributed by atoms with Gasteiger partial charge in [0.05, 0.1) is 6.61 Å². The Morgan fingerprint density at radius 1 is 0.914 bits per heavy atom. The first-order valence-electron chi connectivity index (χ1n) is 13.9. The summed E-state index contributed by atoms with van der Waals surface area (Å²) in [5.41, 5.74) is 3.59. The summed E-state index contributed by atoms with van der Waals surface area (Å²) < 4.78 is 36.5. The molecule has 0 saturated heterocycles. The van der Waals surface area contributed by atoms with Crippen LogP contribution in [0.25, 0.3) is 0 Å². The third kappa shape index (κ3) is 6.74. The van der Waals surface area contributed by atoms with E-state index in [2.05, 4.69) is 25.1 Å². The number of halogens is 2. The van der Waals surface area contributed by atoms with Crippen molar-refractivity contribution >= 4 is 0 Å². The van der Waals surface area contributed by atoms with Crippen LogP contribution in [-0.2, 0) is 12.8 Å². The van der Waals surface area contributed by atoms with Crippen LogP contribution in [0.1, 0.15) is 112 Å². The third-order valence-corrected chi connectivity index (χ3v) is 8.24. The molecule has 0 spiro atoms. The Morgan fingerprint density at radius 3 is 2.40 bits per heavy atom. The van der Waals surface area contributed by atoms with Gasteiger partial charge in [0.1, 0.15) is 17.4 Å². The lowest BCUT2D eigenvalue weighted by Crippen LogP contribution is -2.17. The summed E-state index contributed by atoms with van der Waals surface area (Å²) in [6, 6.07) is 9.48. The van der Waals surface area contributed by atoms with Crippen molar-refractivity contribution in [2.45, 2.75) is 103 Å². The van der Waals surface area contributed by atoms with Crippen molar-refractivity contribution in [3.05, 3.63) is 76.4 Å². The summed E-state index contributed by atoms with van der Waals surface area (Å²) >= 11 is 0. The van der Waals surface area contributed by atoms with Gasteiger partial charge in [-0.25, -0.2) is 8.78 Å². The molecule has 0 heterocycles. The number of hydrogen-bond acceptors (Lipinski definition) is 1. The molecule has 0 bridgehead atoms. The summed E-state index contributed by atoms with van der Waals surface area (Å²) in [6.45, 7) is 4.92. The molecule has 2 aliphatic carbocycles. The Hall–Kier alpha value is -2.16. The van der Waals surface area contributed by atoms with Crippen molar-refractivity contribution < 1.29 is 13.5 Å². The molecule has 2 aliphatic rings. The highest BCUT2D eigenvalue weighted by atomic mass is 19.1. The molecule has 2 aromatic rings. The predicted molar refractivity (Wildman–Crippen MR) is 141 cm³/mol. The summed E-state index contributed by atoms with van der Waals surface area (Å²) in [4.78, 5) is 0. The minimum absolute atomic E-state index is 0.104. The number of aryl methyl sites for hydroxylation is 1. The summed E-state index contributed by atoms with van der Waals surface area (Å²) in [6.07, 6.45) is 17.0. The topological polar surface area (TPSA) is 9.23 Å². The SMILES string of the molecule is CC=CCCOc1ccc2c(c1)CCC(c1c(F)cc(C3CCC(CCCCC)CC3)cc1F)C2. The maximum absolute atomic E-state index is 15.3. The largest absolute Gasteiger partial charge is 0.493 e. The van der Waals surface area contributed by atoms with E-state index >= 15 is 8.78 Å². The van der Waals surface area contributed by atoms with E-state index in [1.165, 1.54) is 49.7 Å². The third-order valence-electron chi connectivity index (χ3n) is 8.24. The number of ether oxygens (including phenoxy) is 1. The lowest BCUT2D eigenvalue weighted by Gasteiger charge is -2.30. The molecule has 1 unspecified atom stereocenters. The minimum atomic E-state index is -0.345. The van der Waals surface area contributed by atoms with Crippen LogP contribution in [0.4, 0.5) is 8.78 Å². The molecule has 0 N–H and O–H groups in total. The lowest BCUT2D eigenvalue weighted by molar-refractivity contribution is 0.302. The first kappa shape index (κ1) is 25.9. The maximum atomic E-state index is 15.3. The van der Waals surface area contributed by atoms with E-state index in [0.29, 0.717) is 24.5 Å². The van der Waals surface area contributed by atoms with Gasteiger partial charge in [0.2, 0.25) is 0 Å². The first-order valence-corrected chi connectivity index (χ1v) is 13.9. The zero-order chi connectivity index (χ0) is 24.6. The molecule has 0 radical (unpaired) electrons. The highest BCUT2D eigenvalue weighted by molar-refractivity contribution is 5.41. The van der Waals surface area contributed by atoms with Crippen LogP contribution in [-0.4, -0.2) is 6.61 Å². The molecule has 35 heavy (non-hydrogen) atoms. The average molecular weight is 481 g/mol. The van der Waals surface area contributed by atoms with Crippen molar-refractivity contribution in [3.8, 4) is 5.75 Å². The van der Waals surface area contributed by atoms with Gasteiger partial charge in [-0.1, -0.05) is 50.8 Å². The summed E-state index contributed by atoms with van der Waals surface area (Å²) in [5, 5.41) is 0. The van der Waals surface area contributed by atoms with Gasteiger partial charge in [0.15, 0.2) is 0 Å². The van der Waals surface area contributed by atoms with Crippen molar-refractivity contribution in [2.24, 2.45) is 5.92 Å². The van der Waals surface area contributed by atoms with E-state index in [-0.39, 0.29) is 17.6 Å². The van der Waals surface area contributed by atoms with E-state index in [0.717, 1.165) is 49.3 Å². The Bertz CT molecular complexity index is 964.